The predicted octanol–water partition coefficient (Wildman–Crippen LogP) is 0.777. The third kappa shape index (κ3) is 12.2. The highest BCUT2D eigenvalue weighted by atomic mass is 16.6. The van der Waals surface area contributed by atoms with Crippen LogP contribution in [-0.4, -0.2) is 121 Å². The highest BCUT2D eigenvalue weighted by molar-refractivity contribution is 5.85. The summed E-state index contributed by atoms with van der Waals surface area (Å²) in [5.74, 6) is -0.886. The number of benzene rings is 1. The van der Waals surface area contributed by atoms with Gasteiger partial charge < -0.3 is 45.4 Å². The molecule has 13 heteroatoms. The average Bonchev–Trinajstić information content (AvgIpc) is 3.04. The maximum atomic E-state index is 13.2. The molecule has 46 heavy (non-hydrogen) atoms. The zero-order chi connectivity index (χ0) is 32.7. The average molecular weight is 646 g/mol. The van der Waals surface area contributed by atoms with E-state index in [0.717, 1.165) is 18.4 Å². The summed E-state index contributed by atoms with van der Waals surface area (Å²) in [7, 11) is 0. The molecule has 3 aliphatic heterocycles. The molecule has 0 aromatic heterocycles. The normalized spacial score (nSPS) is 26.7. The van der Waals surface area contributed by atoms with E-state index in [4.69, 9.17) is 9.47 Å². The second-order valence-electron chi connectivity index (χ2n) is 12.7. The molecule has 5 N–H and O–H groups in total. The zero-order valence-electron chi connectivity index (χ0n) is 26.7. The minimum Gasteiger partial charge on any atom is -0.445 e. The van der Waals surface area contributed by atoms with Gasteiger partial charge in [-0.25, -0.2) is 4.79 Å². The van der Waals surface area contributed by atoms with Crippen LogP contribution in [-0.2, 0) is 30.5 Å². The van der Waals surface area contributed by atoms with Gasteiger partial charge in [-0.1, -0.05) is 30.3 Å². The maximum absolute atomic E-state index is 13.2. The Balaban J connectivity index is 1.37. The molecular formula is C33H51N5O8. The Morgan fingerprint density at radius 1 is 0.913 bits per heavy atom. The third-order valence-electron chi connectivity index (χ3n) is 9.12. The quantitative estimate of drug-likeness (QED) is 0.300. The summed E-state index contributed by atoms with van der Waals surface area (Å²) >= 11 is 0. The Bertz CT molecular complexity index is 1120. The highest BCUT2D eigenvalue weighted by Gasteiger charge is 2.33. The van der Waals surface area contributed by atoms with Gasteiger partial charge in [0, 0.05) is 64.9 Å². The van der Waals surface area contributed by atoms with E-state index in [-0.39, 0.29) is 81.0 Å². The lowest BCUT2D eigenvalue weighted by Gasteiger charge is -2.38. The number of amides is 4. The first kappa shape index (κ1) is 35.6. The number of likely N-dealkylation sites (tertiary alicyclic amines) is 1. The summed E-state index contributed by atoms with van der Waals surface area (Å²) in [6, 6.07) is 9.76. The number of ether oxygens (including phenoxy) is 2. The van der Waals surface area contributed by atoms with Crippen molar-refractivity contribution in [3.05, 3.63) is 35.9 Å². The molecule has 3 aliphatic rings. The SMILES string of the molecule is O=C1C[C@@H]2CCN(C(=O)OCc3ccccc3)C[C@@H]2CCNC(=O)CN(CCNC2CCOCC2)C(=O)C[C@H](O)C[C@H](O)CCN1. The van der Waals surface area contributed by atoms with E-state index < -0.39 is 18.3 Å². The zero-order valence-corrected chi connectivity index (χ0v) is 26.7. The number of nitrogens with zero attached hydrogens (tertiary/aromatic N) is 2. The van der Waals surface area contributed by atoms with Gasteiger partial charge in [-0.05, 0) is 55.9 Å². The molecule has 1 aromatic rings. The number of carbonyl (C=O) groups is 4. The summed E-state index contributed by atoms with van der Waals surface area (Å²) in [5.41, 5.74) is 0.896. The minimum atomic E-state index is -1.07. The van der Waals surface area contributed by atoms with Crippen molar-refractivity contribution in [3.63, 3.8) is 0 Å². The van der Waals surface area contributed by atoms with Gasteiger partial charge in [0.2, 0.25) is 17.7 Å². The van der Waals surface area contributed by atoms with Crippen LogP contribution in [0.25, 0.3) is 0 Å². The van der Waals surface area contributed by atoms with Crippen LogP contribution in [0, 0.1) is 11.8 Å². The lowest BCUT2D eigenvalue weighted by molar-refractivity contribution is -0.138. The van der Waals surface area contributed by atoms with E-state index in [2.05, 4.69) is 16.0 Å². The van der Waals surface area contributed by atoms with Gasteiger partial charge in [0.05, 0.1) is 25.2 Å². The van der Waals surface area contributed by atoms with Crippen LogP contribution in [0.1, 0.15) is 56.9 Å². The Morgan fingerprint density at radius 2 is 1.65 bits per heavy atom. The third-order valence-corrected chi connectivity index (χ3v) is 9.12. The van der Waals surface area contributed by atoms with Gasteiger partial charge in [-0.15, -0.1) is 0 Å². The molecule has 3 fully saturated rings. The minimum absolute atomic E-state index is 0.00459. The number of rotatable bonds is 6. The van der Waals surface area contributed by atoms with Crippen molar-refractivity contribution in [2.75, 3.05) is 59.0 Å². The summed E-state index contributed by atoms with van der Waals surface area (Å²) in [6.07, 6.45) is 0.840. The summed E-state index contributed by atoms with van der Waals surface area (Å²) < 4.78 is 11.0. The largest absolute Gasteiger partial charge is 0.445 e. The number of fused-ring (bicyclic) bond motifs is 1. The van der Waals surface area contributed by atoms with Crippen LogP contribution >= 0.6 is 0 Å². The molecule has 0 unspecified atom stereocenters. The van der Waals surface area contributed by atoms with Crippen LogP contribution in [0.5, 0.6) is 0 Å². The molecule has 3 heterocycles. The predicted molar refractivity (Wildman–Crippen MR) is 169 cm³/mol. The lowest BCUT2D eigenvalue weighted by Crippen LogP contribution is -2.48. The molecule has 13 nitrogen and oxygen atoms in total. The fourth-order valence-electron chi connectivity index (χ4n) is 6.41. The molecule has 0 spiro atoms. The van der Waals surface area contributed by atoms with E-state index in [1.165, 1.54) is 4.90 Å². The van der Waals surface area contributed by atoms with Crippen molar-refractivity contribution < 1.29 is 38.9 Å². The monoisotopic (exact) mass is 645 g/mol. The first-order chi connectivity index (χ1) is 22.3. The Kier molecular flexibility index (Phi) is 14.5. The van der Waals surface area contributed by atoms with Crippen molar-refractivity contribution in [1.82, 2.24) is 25.8 Å². The maximum Gasteiger partial charge on any atom is 0.410 e. The number of carbonyl (C=O) groups excluding carboxylic acids is 4. The summed E-state index contributed by atoms with van der Waals surface area (Å²) in [4.78, 5) is 55.1. The molecule has 256 valence electrons. The van der Waals surface area contributed by atoms with Crippen LogP contribution in [0.2, 0.25) is 0 Å². The molecule has 4 rings (SSSR count). The lowest BCUT2D eigenvalue weighted by atomic mass is 9.81. The van der Waals surface area contributed by atoms with Crippen molar-refractivity contribution >= 4 is 23.8 Å². The summed E-state index contributed by atoms with van der Waals surface area (Å²) in [5, 5.41) is 30.2. The van der Waals surface area contributed by atoms with Gasteiger partial charge in [-0.3, -0.25) is 14.4 Å². The van der Waals surface area contributed by atoms with E-state index >= 15 is 0 Å². The second-order valence-corrected chi connectivity index (χ2v) is 12.7. The van der Waals surface area contributed by atoms with Crippen LogP contribution in [0.15, 0.2) is 30.3 Å². The van der Waals surface area contributed by atoms with E-state index in [9.17, 15) is 29.4 Å². The molecule has 0 radical (unpaired) electrons. The fourth-order valence-corrected chi connectivity index (χ4v) is 6.41. The molecule has 1 aromatic carbocycles. The van der Waals surface area contributed by atoms with E-state index in [1.54, 1.807) is 4.90 Å². The smallest absolute Gasteiger partial charge is 0.410 e. The van der Waals surface area contributed by atoms with Gasteiger partial charge in [0.1, 0.15) is 6.61 Å². The fraction of sp³-hybridized carbons (Fsp3) is 0.697. The molecule has 4 amide bonds. The molecule has 0 saturated carbocycles. The Morgan fingerprint density at radius 3 is 2.43 bits per heavy atom. The Hall–Kier alpha value is -3.26. The van der Waals surface area contributed by atoms with Gasteiger partial charge >= 0.3 is 6.09 Å². The van der Waals surface area contributed by atoms with Crippen LogP contribution in [0.4, 0.5) is 4.79 Å². The van der Waals surface area contributed by atoms with Crippen molar-refractivity contribution in [3.8, 4) is 0 Å². The number of aliphatic hydroxyl groups excluding tert-OH is 2. The van der Waals surface area contributed by atoms with Crippen molar-refractivity contribution in [1.29, 1.82) is 0 Å². The van der Waals surface area contributed by atoms with E-state index in [0.29, 0.717) is 58.8 Å². The number of hydrogen-bond acceptors (Lipinski definition) is 9. The van der Waals surface area contributed by atoms with Crippen molar-refractivity contribution in [2.24, 2.45) is 11.8 Å². The Labute approximate surface area is 271 Å². The van der Waals surface area contributed by atoms with Gasteiger partial charge in [0.25, 0.3) is 0 Å². The molecule has 0 bridgehead atoms. The summed E-state index contributed by atoms with van der Waals surface area (Å²) in [6.45, 7) is 3.64. The van der Waals surface area contributed by atoms with E-state index in [1.807, 2.05) is 30.3 Å². The van der Waals surface area contributed by atoms with Crippen LogP contribution in [0.3, 0.4) is 0 Å². The molecule has 0 aliphatic carbocycles. The standard InChI is InChI=1S/C33H51N5O8/c39-28-7-12-35-30(41)18-25-8-14-38(33(44)46-23-24-4-2-1-3-5-24)21-26(25)6-11-36-31(42)22-37(32(43)20-29(40)19-28)15-13-34-27-9-16-45-17-10-27/h1-5,25-29,34,39-40H,6-23H2,(H,35,41)(H,36,42)/t25-,26-,28+,29+/m0/s1. The molecular weight excluding hydrogens is 594 g/mol. The number of hydrogen-bond donors (Lipinski definition) is 5. The molecule has 4 atom stereocenters. The highest BCUT2D eigenvalue weighted by Crippen LogP contribution is 2.29. The number of aliphatic hydroxyl groups is 2. The number of piperidine rings is 1. The first-order valence-corrected chi connectivity index (χ1v) is 16.7. The first-order valence-electron chi connectivity index (χ1n) is 16.7. The second kappa shape index (κ2) is 18.8. The number of nitrogens with one attached hydrogen (secondary N) is 3. The molecule has 3 saturated heterocycles. The topological polar surface area (TPSA) is 170 Å². The van der Waals surface area contributed by atoms with Crippen molar-refractivity contribution in [2.45, 2.75) is 76.2 Å². The van der Waals surface area contributed by atoms with Gasteiger partial charge in [0.15, 0.2) is 0 Å². The van der Waals surface area contributed by atoms with Gasteiger partial charge in [-0.2, -0.15) is 0 Å². The van der Waals surface area contributed by atoms with Crippen LogP contribution < -0.4 is 16.0 Å².